The summed E-state index contributed by atoms with van der Waals surface area (Å²) >= 11 is 0. The zero-order valence-electron chi connectivity index (χ0n) is 27.1. The van der Waals surface area contributed by atoms with Gasteiger partial charge in [0.05, 0.1) is 6.04 Å². The first-order chi connectivity index (χ1) is 21.3. The lowest BCUT2D eigenvalue weighted by Gasteiger charge is -2.35. The number of rotatable bonds is 14. The monoisotopic (exact) mass is 620 g/mol. The molecule has 10 nitrogen and oxygen atoms in total. The molecule has 2 aliphatic carbocycles. The Morgan fingerprint density at radius 1 is 1.02 bits per heavy atom. The van der Waals surface area contributed by atoms with Crippen LogP contribution in [0.15, 0.2) is 49.6 Å². The molecule has 244 valence electrons. The van der Waals surface area contributed by atoms with Gasteiger partial charge < -0.3 is 25.6 Å². The first-order valence-corrected chi connectivity index (χ1v) is 16.0. The van der Waals surface area contributed by atoms with Gasteiger partial charge in [0, 0.05) is 13.1 Å². The summed E-state index contributed by atoms with van der Waals surface area (Å²) in [6.45, 7) is 17.6. The summed E-state index contributed by atoms with van der Waals surface area (Å²) in [6, 6.07) is 5.14. The molecule has 6 atom stereocenters. The van der Waals surface area contributed by atoms with Gasteiger partial charge in [0.2, 0.25) is 17.6 Å². The van der Waals surface area contributed by atoms with Gasteiger partial charge in [-0.15, -0.1) is 13.2 Å². The van der Waals surface area contributed by atoms with Gasteiger partial charge in [-0.25, -0.2) is 4.79 Å². The Labute approximate surface area is 266 Å². The van der Waals surface area contributed by atoms with Crippen molar-refractivity contribution in [2.75, 3.05) is 13.1 Å². The number of likely N-dealkylation sites (tertiary alicyclic amines) is 1. The number of Topliss-reactive ketones (excluding diaryl/α,β-unsaturated/α-hetero) is 1. The number of ether oxygens (including phenoxy) is 1. The van der Waals surface area contributed by atoms with Crippen molar-refractivity contribution in [2.24, 2.45) is 29.1 Å². The molecule has 1 aromatic carbocycles. The minimum Gasteiger partial charge on any atom is -0.446 e. The van der Waals surface area contributed by atoms with E-state index in [0.717, 1.165) is 11.1 Å². The van der Waals surface area contributed by atoms with Gasteiger partial charge in [0.15, 0.2) is 0 Å². The summed E-state index contributed by atoms with van der Waals surface area (Å²) in [6.07, 6.45) is 3.87. The number of allylic oxidation sites excluding steroid dienone is 1. The van der Waals surface area contributed by atoms with Crippen LogP contribution in [-0.4, -0.2) is 71.8 Å². The maximum Gasteiger partial charge on any atom is 0.408 e. The minimum atomic E-state index is -1.08. The van der Waals surface area contributed by atoms with Gasteiger partial charge in [-0.1, -0.05) is 64.1 Å². The first-order valence-electron chi connectivity index (χ1n) is 16.0. The van der Waals surface area contributed by atoms with Crippen molar-refractivity contribution in [1.82, 2.24) is 20.9 Å². The van der Waals surface area contributed by atoms with Crippen molar-refractivity contribution in [3.05, 3.63) is 60.7 Å². The molecule has 0 aromatic heterocycles. The largest absolute Gasteiger partial charge is 0.446 e. The second kappa shape index (κ2) is 14.0. The molecule has 0 radical (unpaired) electrons. The highest BCUT2D eigenvalue weighted by Gasteiger charge is 2.69. The third kappa shape index (κ3) is 7.31. The number of carbonyl (C=O) groups excluding carboxylic acids is 5. The Morgan fingerprint density at radius 2 is 1.67 bits per heavy atom. The molecule has 10 heteroatoms. The highest BCUT2D eigenvalue weighted by Crippen LogP contribution is 2.65. The van der Waals surface area contributed by atoms with E-state index < -0.39 is 41.8 Å². The third-order valence-electron chi connectivity index (χ3n) is 10.0. The van der Waals surface area contributed by atoms with E-state index >= 15 is 0 Å². The number of nitrogens with zero attached hydrogens (tertiary/aromatic N) is 1. The minimum absolute atomic E-state index is 0.0877. The number of alkyl carbamates (subject to hydrolysis) is 1. The number of hydrogen-bond donors (Lipinski definition) is 3. The van der Waals surface area contributed by atoms with E-state index in [0.29, 0.717) is 25.8 Å². The highest BCUT2D eigenvalue weighted by molar-refractivity contribution is 6.38. The fourth-order valence-electron chi connectivity index (χ4n) is 6.89. The molecule has 4 rings (SSSR count). The number of amides is 4. The van der Waals surface area contributed by atoms with Crippen LogP contribution in [0.2, 0.25) is 0 Å². The van der Waals surface area contributed by atoms with Crippen molar-refractivity contribution in [3.8, 4) is 0 Å². The van der Waals surface area contributed by atoms with Crippen molar-refractivity contribution in [1.29, 1.82) is 0 Å². The molecule has 4 amide bonds. The Balaban J connectivity index is 1.59. The van der Waals surface area contributed by atoms with Crippen LogP contribution in [0.5, 0.6) is 0 Å². The van der Waals surface area contributed by atoms with Crippen molar-refractivity contribution in [2.45, 2.75) is 84.5 Å². The Kier molecular flexibility index (Phi) is 10.6. The topological polar surface area (TPSA) is 134 Å². The van der Waals surface area contributed by atoms with Crippen LogP contribution < -0.4 is 16.0 Å². The van der Waals surface area contributed by atoms with E-state index in [-0.39, 0.29) is 54.1 Å². The maximum atomic E-state index is 14.5. The summed E-state index contributed by atoms with van der Waals surface area (Å²) in [7, 11) is 0. The molecular weight excluding hydrogens is 572 g/mol. The van der Waals surface area contributed by atoms with Crippen LogP contribution in [0.3, 0.4) is 0 Å². The maximum absolute atomic E-state index is 14.5. The quantitative estimate of drug-likeness (QED) is 0.216. The van der Waals surface area contributed by atoms with E-state index in [4.69, 9.17) is 4.74 Å². The number of benzene rings is 1. The lowest BCUT2D eigenvalue weighted by molar-refractivity contribution is -0.144. The predicted molar refractivity (Wildman–Crippen MR) is 171 cm³/mol. The molecule has 2 unspecified atom stereocenters. The summed E-state index contributed by atoms with van der Waals surface area (Å²) in [5.74, 6) is -2.57. The molecule has 1 saturated carbocycles. The van der Waals surface area contributed by atoms with Gasteiger partial charge in [-0.2, -0.15) is 0 Å². The van der Waals surface area contributed by atoms with Crippen molar-refractivity contribution < 1.29 is 28.7 Å². The van der Waals surface area contributed by atoms with Gasteiger partial charge in [-0.3, -0.25) is 19.2 Å². The SMILES string of the molecule is C=CCCC(NC(=O)[C@@H]1[C@H]2[C@@H](CN1C(=O)[C@@H](NC(=O)OC(C)C(C)C)C1Cc3ccccc3C1)C2(C)C)C(=O)C(=O)NCC=C. The van der Waals surface area contributed by atoms with Gasteiger partial charge >= 0.3 is 6.09 Å². The lowest BCUT2D eigenvalue weighted by atomic mass is 9.93. The zero-order chi connectivity index (χ0) is 33.1. The van der Waals surface area contributed by atoms with Gasteiger partial charge in [0.25, 0.3) is 5.91 Å². The molecule has 0 spiro atoms. The number of carbonyl (C=O) groups is 5. The number of nitrogens with one attached hydrogen (secondary N) is 3. The van der Waals surface area contributed by atoms with E-state index in [2.05, 4.69) is 43.0 Å². The van der Waals surface area contributed by atoms with Crippen LogP contribution in [0.4, 0.5) is 4.79 Å². The Bertz CT molecular complexity index is 1310. The second-order valence-corrected chi connectivity index (χ2v) is 13.6. The van der Waals surface area contributed by atoms with Crippen LogP contribution >= 0.6 is 0 Å². The Hall–Kier alpha value is -3.95. The molecule has 3 aliphatic rings. The average Bonchev–Trinajstić information content (AvgIpc) is 3.37. The molecule has 45 heavy (non-hydrogen) atoms. The van der Waals surface area contributed by atoms with Crippen LogP contribution in [0, 0.1) is 29.1 Å². The predicted octanol–water partition coefficient (Wildman–Crippen LogP) is 3.35. The van der Waals surface area contributed by atoms with E-state index in [1.165, 1.54) is 6.08 Å². The first kappa shape index (κ1) is 33.9. The zero-order valence-corrected chi connectivity index (χ0v) is 27.1. The third-order valence-corrected chi connectivity index (χ3v) is 10.0. The van der Waals surface area contributed by atoms with E-state index in [9.17, 15) is 24.0 Å². The summed E-state index contributed by atoms with van der Waals surface area (Å²) < 4.78 is 5.61. The summed E-state index contributed by atoms with van der Waals surface area (Å²) in [4.78, 5) is 68.7. The number of piperidine rings is 1. The number of ketones is 1. The summed E-state index contributed by atoms with van der Waals surface area (Å²) in [5.41, 5.74) is 2.08. The van der Waals surface area contributed by atoms with Crippen LogP contribution in [-0.2, 0) is 36.8 Å². The second-order valence-electron chi connectivity index (χ2n) is 13.6. The van der Waals surface area contributed by atoms with Crippen molar-refractivity contribution >= 4 is 29.6 Å². The average molecular weight is 621 g/mol. The smallest absolute Gasteiger partial charge is 0.408 e. The number of fused-ring (bicyclic) bond motifs is 2. The van der Waals surface area contributed by atoms with Crippen molar-refractivity contribution in [3.63, 3.8) is 0 Å². The Morgan fingerprint density at radius 3 is 2.24 bits per heavy atom. The van der Waals surface area contributed by atoms with Gasteiger partial charge in [0.1, 0.15) is 18.2 Å². The fourth-order valence-corrected chi connectivity index (χ4v) is 6.89. The molecular formula is C35H48N4O6. The lowest BCUT2D eigenvalue weighted by Crippen LogP contribution is -2.59. The molecule has 3 N–H and O–H groups in total. The van der Waals surface area contributed by atoms with Crippen LogP contribution in [0.25, 0.3) is 0 Å². The molecule has 1 heterocycles. The fraction of sp³-hybridized carbons (Fsp3) is 0.571. The van der Waals surface area contributed by atoms with E-state index in [1.54, 1.807) is 11.0 Å². The summed E-state index contributed by atoms with van der Waals surface area (Å²) in [5, 5.41) is 8.16. The molecule has 2 fully saturated rings. The number of hydrogen-bond acceptors (Lipinski definition) is 6. The normalized spacial score (nSPS) is 23.2. The molecule has 1 aromatic rings. The van der Waals surface area contributed by atoms with Gasteiger partial charge in [-0.05, 0) is 72.8 Å². The highest BCUT2D eigenvalue weighted by atomic mass is 16.6. The standard InChI is InChI=1S/C35H48N4O6/c1-8-10-15-26(30(40)32(42)36-16-9-2)37-31(41)29-27-25(35(27,6)7)19-39(29)33(43)28(38-34(44)45-21(5)20(3)4)24-17-22-13-11-12-14-23(22)18-24/h8-9,11-14,20-21,24-29H,1-2,10,15-19H2,3-7H3,(H,36,42)(H,37,41)(H,38,44)/t21?,25-,26?,27-,28+,29+/m1/s1. The molecule has 1 saturated heterocycles. The van der Waals surface area contributed by atoms with E-state index in [1.807, 2.05) is 45.0 Å². The molecule has 1 aliphatic heterocycles. The van der Waals surface area contributed by atoms with Crippen LogP contribution in [0.1, 0.15) is 58.6 Å². The molecule has 0 bridgehead atoms.